The first kappa shape index (κ1) is 14.4. The smallest absolute Gasteiger partial charge is 0.105 e. The van der Waals surface area contributed by atoms with Gasteiger partial charge in [0.05, 0.1) is 0 Å². The fourth-order valence-corrected chi connectivity index (χ4v) is 3.38. The Bertz CT molecular complexity index is 501. The van der Waals surface area contributed by atoms with Crippen LogP contribution in [0, 0.1) is 13.8 Å². The Balaban J connectivity index is 2.11. The van der Waals surface area contributed by atoms with Gasteiger partial charge in [-0.3, -0.25) is 0 Å². The Morgan fingerprint density at radius 3 is 2.68 bits per heavy atom. The highest BCUT2D eigenvalue weighted by Crippen LogP contribution is 2.28. The van der Waals surface area contributed by atoms with E-state index in [2.05, 4.69) is 42.7 Å². The summed E-state index contributed by atoms with van der Waals surface area (Å²) in [7, 11) is 0. The quantitative estimate of drug-likeness (QED) is 0.790. The van der Waals surface area contributed by atoms with Crippen LogP contribution in [0.3, 0.4) is 0 Å². The summed E-state index contributed by atoms with van der Waals surface area (Å²) in [6.07, 6.45) is 2.35. The average Bonchev–Trinajstić information content (AvgIpc) is 2.98. The van der Waals surface area contributed by atoms with Crippen LogP contribution in [-0.4, -0.2) is 0 Å². The normalized spacial score (nSPS) is 14.5. The second kappa shape index (κ2) is 6.40. The topological polar surface area (TPSA) is 25.2 Å². The molecule has 2 aromatic heterocycles. The molecule has 0 amide bonds. The summed E-state index contributed by atoms with van der Waals surface area (Å²) in [6.45, 7) is 8.50. The van der Waals surface area contributed by atoms with Crippen molar-refractivity contribution in [3.8, 4) is 0 Å². The van der Waals surface area contributed by atoms with Crippen molar-refractivity contribution < 1.29 is 4.42 Å². The maximum atomic E-state index is 5.63. The first-order valence-electron chi connectivity index (χ1n) is 6.98. The highest BCUT2D eigenvalue weighted by Gasteiger charge is 2.18. The number of rotatable bonds is 6. The molecule has 19 heavy (non-hydrogen) atoms. The van der Waals surface area contributed by atoms with Crippen LogP contribution in [0.1, 0.15) is 60.7 Å². The van der Waals surface area contributed by atoms with Crippen LogP contribution in [0.5, 0.6) is 0 Å². The van der Waals surface area contributed by atoms with Crippen molar-refractivity contribution in [1.29, 1.82) is 0 Å². The van der Waals surface area contributed by atoms with Crippen molar-refractivity contribution in [1.82, 2.24) is 5.32 Å². The predicted octanol–water partition coefficient (Wildman–Crippen LogP) is 5.15. The first-order chi connectivity index (χ1) is 9.11. The lowest BCUT2D eigenvalue weighted by molar-refractivity contribution is 0.435. The summed E-state index contributed by atoms with van der Waals surface area (Å²) in [4.78, 5) is 1.42. The van der Waals surface area contributed by atoms with E-state index in [1.54, 1.807) is 0 Å². The number of nitrogens with one attached hydrogen (secondary N) is 1. The van der Waals surface area contributed by atoms with E-state index in [9.17, 15) is 0 Å². The summed E-state index contributed by atoms with van der Waals surface area (Å²) >= 11 is 1.83. The standard InChI is InChI=1S/C16H23NOS/c1-5-7-15(16-8-6-9-19-16)17-12(3)14-10-11(2)18-13(14)4/h6,8-10,12,15,17H,5,7H2,1-4H3. The summed E-state index contributed by atoms with van der Waals surface area (Å²) in [6, 6.07) is 7.25. The number of hydrogen-bond donors (Lipinski definition) is 1. The van der Waals surface area contributed by atoms with E-state index in [1.165, 1.54) is 23.3 Å². The molecular weight excluding hydrogens is 254 g/mol. The molecule has 2 nitrogen and oxygen atoms in total. The van der Waals surface area contributed by atoms with Crippen molar-refractivity contribution in [2.45, 2.75) is 52.6 Å². The van der Waals surface area contributed by atoms with Crippen LogP contribution in [0.4, 0.5) is 0 Å². The number of thiophene rings is 1. The highest BCUT2D eigenvalue weighted by atomic mass is 32.1. The van der Waals surface area contributed by atoms with E-state index in [0.717, 1.165) is 11.5 Å². The zero-order valence-electron chi connectivity index (χ0n) is 12.2. The highest BCUT2D eigenvalue weighted by molar-refractivity contribution is 7.10. The number of furan rings is 1. The molecule has 0 aliphatic heterocycles. The zero-order chi connectivity index (χ0) is 13.8. The lowest BCUT2D eigenvalue weighted by atomic mass is 10.1. The Kier molecular flexibility index (Phi) is 4.83. The van der Waals surface area contributed by atoms with Gasteiger partial charge >= 0.3 is 0 Å². The fourth-order valence-electron chi connectivity index (χ4n) is 2.56. The summed E-state index contributed by atoms with van der Waals surface area (Å²) in [5.41, 5.74) is 1.27. The third-order valence-electron chi connectivity index (χ3n) is 3.46. The molecular formula is C16H23NOS. The van der Waals surface area contributed by atoms with Gasteiger partial charge in [0.2, 0.25) is 0 Å². The molecule has 0 fully saturated rings. The van der Waals surface area contributed by atoms with Gasteiger partial charge in [-0.1, -0.05) is 19.4 Å². The second-order valence-corrected chi connectivity index (χ2v) is 6.09. The molecule has 2 rings (SSSR count). The number of hydrogen-bond acceptors (Lipinski definition) is 3. The van der Waals surface area contributed by atoms with Gasteiger partial charge in [0.1, 0.15) is 11.5 Å². The van der Waals surface area contributed by atoms with Crippen molar-refractivity contribution in [3.05, 3.63) is 45.5 Å². The lowest BCUT2D eigenvalue weighted by Crippen LogP contribution is -2.24. The zero-order valence-corrected chi connectivity index (χ0v) is 13.0. The molecule has 2 aromatic rings. The Morgan fingerprint density at radius 2 is 2.16 bits per heavy atom. The van der Waals surface area contributed by atoms with Gasteiger partial charge in [-0.25, -0.2) is 0 Å². The van der Waals surface area contributed by atoms with E-state index in [0.29, 0.717) is 12.1 Å². The minimum absolute atomic E-state index is 0.316. The molecule has 2 heterocycles. The number of aryl methyl sites for hydroxylation is 2. The van der Waals surface area contributed by atoms with Crippen LogP contribution in [0.2, 0.25) is 0 Å². The second-order valence-electron chi connectivity index (χ2n) is 5.11. The lowest BCUT2D eigenvalue weighted by Gasteiger charge is -2.22. The van der Waals surface area contributed by atoms with E-state index in [-0.39, 0.29) is 0 Å². The van der Waals surface area contributed by atoms with Gasteiger partial charge < -0.3 is 9.73 Å². The molecule has 0 saturated carbocycles. The van der Waals surface area contributed by atoms with Gasteiger partial charge in [-0.15, -0.1) is 11.3 Å². The van der Waals surface area contributed by atoms with Crippen LogP contribution in [0.15, 0.2) is 28.0 Å². The van der Waals surface area contributed by atoms with Crippen molar-refractivity contribution in [3.63, 3.8) is 0 Å². The van der Waals surface area contributed by atoms with Gasteiger partial charge in [-0.05, 0) is 44.7 Å². The van der Waals surface area contributed by atoms with Gasteiger partial charge in [0, 0.05) is 22.5 Å². The molecule has 104 valence electrons. The van der Waals surface area contributed by atoms with E-state index in [1.807, 2.05) is 25.2 Å². The average molecular weight is 277 g/mol. The molecule has 0 spiro atoms. The molecule has 0 aliphatic carbocycles. The third-order valence-corrected chi connectivity index (χ3v) is 4.45. The van der Waals surface area contributed by atoms with Crippen LogP contribution in [0.25, 0.3) is 0 Å². The van der Waals surface area contributed by atoms with E-state index < -0.39 is 0 Å². The Hall–Kier alpha value is -1.06. The SMILES string of the molecule is CCCC(NC(C)c1cc(C)oc1C)c1cccs1. The van der Waals surface area contributed by atoms with Gasteiger partial charge in [0.25, 0.3) is 0 Å². The molecule has 1 N–H and O–H groups in total. The molecule has 0 aromatic carbocycles. The molecule has 2 atom stereocenters. The van der Waals surface area contributed by atoms with Crippen LogP contribution in [-0.2, 0) is 0 Å². The molecule has 0 bridgehead atoms. The third kappa shape index (κ3) is 3.48. The molecule has 0 aliphatic rings. The maximum Gasteiger partial charge on any atom is 0.105 e. The minimum atomic E-state index is 0.316. The van der Waals surface area contributed by atoms with Crippen molar-refractivity contribution in [2.24, 2.45) is 0 Å². The van der Waals surface area contributed by atoms with Gasteiger partial charge in [0.15, 0.2) is 0 Å². The summed E-state index contributed by atoms with van der Waals surface area (Å²) < 4.78 is 5.63. The minimum Gasteiger partial charge on any atom is -0.466 e. The van der Waals surface area contributed by atoms with Crippen molar-refractivity contribution >= 4 is 11.3 Å². The van der Waals surface area contributed by atoms with E-state index in [4.69, 9.17) is 4.42 Å². The predicted molar refractivity (Wildman–Crippen MR) is 81.7 cm³/mol. The van der Waals surface area contributed by atoms with Crippen LogP contribution < -0.4 is 5.32 Å². The van der Waals surface area contributed by atoms with Crippen molar-refractivity contribution in [2.75, 3.05) is 0 Å². The Labute approximate surface area is 119 Å². The fraction of sp³-hybridized carbons (Fsp3) is 0.500. The summed E-state index contributed by atoms with van der Waals surface area (Å²) in [5.74, 6) is 2.02. The largest absolute Gasteiger partial charge is 0.466 e. The molecule has 0 radical (unpaired) electrons. The Morgan fingerprint density at radius 1 is 1.37 bits per heavy atom. The van der Waals surface area contributed by atoms with Gasteiger partial charge in [-0.2, -0.15) is 0 Å². The maximum absolute atomic E-state index is 5.63. The molecule has 3 heteroatoms. The van der Waals surface area contributed by atoms with E-state index >= 15 is 0 Å². The van der Waals surface area contributed by atoms with Crippen LogP contribution >= 0.6 is 11.3 Å². The molecule has 0 saturated heterocycles. The summed E-state index contributed by atoms with van der Waals surface area (Å²) in [5, 5.41) is 5.89. The monoisotopic (exact) mass is 277 g/mol. The first-order valence-corrected chi connectivity index (χ1v) is 7.86. The molecule has 2 unspecified atom stereocenters.